The van der Waals surface area contributed by atoms with Crippen molar-refractivity contribution in [2.75, 3.05) is 51.6 Å². The maximum Gasteiger partial charge on any atom is 0.418 e. The van der Waals surface area contributed by atoms with Crippen molar-refractivity contribution in [3.05, 3.63) is 69.1 Å². The number of alkyl halides is 3. The van der Waals surface area contributed by atoms with Gasteiger partial charge in [-0.3, -0.25) is 9.78 Å². The molecule has 0 saturated carbocycles. The van der Waals surface area contributed by atoms with Crippen LogP contribution in [0, 0.1) is 0 Å². The summed E-state index contributed by atoms with van der Waals surface area (Å²) in [6, 6.07) is 10.3. The smallest absolute Gasteiger partial charge is 0.386 e. The predicted octanol–water partition coefficient (Wildman–Crippen LogP) is 5.39. The Morgan fingerprint density at radius 3 is 2.22 bits per heavy atom. The standard InChI is InChI=1S/C35H44ClF3N8O3/c1-40-30-27(35(37,38)39)20-23(21-28(30)36)22-29(32(48)45-16-10-25(11-17-45)44-14-6-3-7-15-44)41-33(49)46-18-12-26(13-19-46)47-34(50)42-31(43-47)24-8-4-2-5-9-24/h2,4-5,8-9,20-21,25-26,29,40H,3,6-7,10-19,22H2,1H3,(H,41,49)(H,42,43,50)/t29-/m1/s1. The number of hydrogen-bond acceptors (Lipinski definition) is 6. The fourth-order valence-corrected chi connectivity index (χ4v) is 7.85. The van der Waals surface area contributed by atoms with E-state index >= 15 is 0 Å². The number of nitrogens with zero attached hydrogens (tertiary/aromatic N) is 5. The highest BCUT2D eigenvalue weighted by Crippen LogP contribution is 2.39. The number of likely N-dealkylation sites (tertiary alicyclic amines) is 3. The molecule has 3 aliphatic heterocycles. The van der Waals surface area contributed by atoms with Crippen LogP contribution in [0.25, 0.3) is 11.4 Å². The molecule has 0 spiro atoms. The third-order valence-corrected chi connectivity index (χ3v) is 10.5. The first kappa shape index (κ1) is 35.8. The molecule has 2 aromatic carbocycles. The molecular formula is C35H44ClF3N8O3. The summed E-state index contributed by atoms with van der Waals surface area (Å²) < 4.78 is 43.5. The van der Waals surface area contributed by atoms with Gasteiger partial charge < -0.3 is 25.3 Å². The van der Waals surface area contributed by atoms with Crippen LogP contribution in [0.4, 0.5) is 23.7 Å². The lowest BCUT2D eigenvalue weighted by molar-refractivity contribution is -0.137. The largest absolute Gasteiger partial charge is 0.418 e. The maximum atomic E-state index is 14.0. The molecule has 3 amide bonds. The molecule has 0 bridgehead atoms. The van der Waals surface area contributed by atoms with Gasteiger partial charge in [-0.2, -0.15) is 13.2 Å². The van der Waals surface area contributed by atoms with Gasteiger partial charge in [-0.15, -0.1) is 5.10 Å². The molecular weight excluding hydrogens is 673 g/mol. The summed E-state index contributed by atoms with van der Waals surface area (Å²) in [6.45, 7) is 3.74. The number of piperidine rings is 3. The van der Waals surface area contributed by atoms with Crippen LogP contribution in [-0.2, 0) is 17.4 Å². The number of aromatic nitrogens is 3. The number of rotatable bonds is 8. The van der Waals surface area contributed by atoms with E-state index in [1.54, 1.807) is 9.80 Å². The number of halogens is 4. The van der Waals surface area contributed by atoms with E-state index in [1.807, 2.05) is 30.3 Å². The van der Waals surface area contributed by atoms with Crippen molar-refractivity contribution >= 4 is 29.2 Å². The van der Waals surface area contributed by atoms with Gasteiger partial charge in [-0.25, -0.2) is 14.3 Å². The van der Waals surface area contributed by atoms with Gasteiger partial charge in [0.2, 0.25) is 5.91 Å². The van der Waals surface area contributed by atoms with Crippen LogP contribution in [0.2, 0.25) is 5.02 Å². The van der Waals surface area contributed by atoms with E-state index in [-0.39, 0.29) is 40.3 Å². The molecule has 270 valence electrons. The summed E-state index contributed by atoms with van der Waals surface area (Å²) >= 11 is 6.29. The average Bonchev–Trinajstić information content (AvgIpc) is 3.52. The minimum absolute atomic E-state index is 0.122. The van der Waals surface area contributed by atoms with E-state index in [2.05, 4.69) is 25.6 Å². The molecule has 3 N–H and O–H groups in total. The Hall–Kier alpha value is -4.04. The highest BCUT2D eigenvalue weighted by atomic mass is 35.5. The minimum atomic E-state index is -4.68. The van der Waals surface area contributed by atoms with Crippen molar-refractivity contribution in [3.63, 3.8) is 0 Å². The lowest BCUT2D eigenvalue weighted by Crippen LogP contribution is -2.56. The van der Waals surface area contributed by atoms with Crippen LogP contribution in [0.1, 0.15) is 62.1 Å². The Morgan fingerprint density at radius 2 is 1.58 bits per heavy atom. The number of aromatic amines is 1. The van der Waals surface area contributed by atoms with Crippen LogP contribution in [0.3, 0.4) is 0 Å². The molecule has 3 saturated heterocycles. The van der Waals surface area contributed by atoms with Crippen LogP contribution in [0.15, 0.2) is 47.3 Å². The summed E-state index contributed by atoms with van der Waals surface area (Å²) in [6.07, 6.45) is 1.28. The minimum Gasteiger partial charge on any atom is -0.386 e. The summed E-state index contributed by atoms with van der Waals surface area (Å²) in [5.74, 6) is 0.137. The summed E-state index contributed by atoms with van der Waals surface area (Å²) in [5, 5.41) is 9.77. The third kappa shape index (κ3) is 8.12. The Morgan fingerprint density at radius 1 is 0.940 bits per heavy atom. The molecule has 0 unspecified atom stereocenters. The first-order chi connectivity index (χ1) is 24.0. The highest BCUT2D eigenvalue weighted by molar-refractivity contribution is 6.33. The van der Waals surface area contributed by atoms with Crippen molar-refractivity contribution in [2.24, 2.45) is 0 Å². The molecule has 1 aromatic heterocycles. The normalized spacial score (nSPS) is 19.0. The van der Waals surface area contributed by atoms with Gasteiger partial charge in [0.05, 0.1) is 22.3 Å². The number of amides is 3. The van der Waals surface area contributed by atoms with Crippen LogP contribution < -0.4 is 16.3 Å². The lowest BCUT2D eigenvalue weighted by atomic mass is 9.97. The van der Waals surface area contributed by atoms with E-state index in [1.165, 1.54) is 37.1 Å². The second kappa shape index (κ2) is 15.5. The zero-order valence-electron chi connectivity index (χ0n) is 28.1. The van der Waals surface area contributed by atoms with Gasteiger partial charge in [-0.1, -0.05) is 48.4 Å². The number of H-pyrrole nitrogens is 1. The second-order valence-electron chi connectivity index (χ2n) is 13.4. The van der Waals surface area contributed by atoms with E-state index in [0.717, 1.165) is 37.6 Å². The van der Waals surface area contributed by atoms with Gasteiger partial charge >= 0.3 is 17.9 Å². The number of benzene rings is 2. The zero-order chi connectivity index (χ0) is 35.4. The zero-order valence-corrected chi connectivity index (χ0v) is 28.9. The summed E-state index contributed by atoms with van der Waals surface area (Å²) in [5.41, 5.74) is -0.537. The van der Waals surface area contributed by atoms with Crippen LogP contribution in [-0.4, -0.2) is 99.8 Å². The van der Waals surface area contributed by atoms with Crippen molar-refractivity contribution in [3.8, 4) is 11.4 Å². The van der Waals surface area contributed by atoms with E-state index in [0.29, 0.717) is 50.9 Å². The van der Waals surface area contributed by atoms with Gasteiger partial charge in [0.25, 0.3) is 0 Å². The number of nitrogens with one attached hydrogen (secondary N) is 3. The average molecular weight is 717 g/mol. The number of carbonyl (C=O) groups is 2. The number of hydrogen-bond donors (Lipinski definition) is 3. The summed E-state index contributed by atoms with van der Waals surface area (Å²) in [7, 11) is 1.37. The van der Waals surface area contributed by atoms with E-state index in [9.17, 15) is 27.6 Å². The topological polar surface area (TPSA) is 119 Å². The Kier molecular flexibility index (Phi) is 11.1. The second-order valence-corrected chi connectivity index (χ2v) is 13.8. The highest BCUT2D eigenvalue weighted by Gasteiger charge is 2.37. The molecule has 1 atom stereocenters. The molecule has 11 nitrogen and oxygen atoms in total. The fraction of sp³-hybridized carbons (Fsp3) is 0.543. The van der Waals surface area contributed by atoms with Gasteiger partial charge in [0.15, 0.2) is 5.82 Å². The summed E-state index contributed by atoms with van der Waals surface area (Å²) in [4.78, 5) is 49.1. The Bertz CT molecular complexity index is 1690. The van der Waals surface area contributed by atoms with Gasteiger partial charge in [0.1, 0.15) is 6.04 Å². The molecule has 3 fully saturated rings. The molecule has 0 radical (unpaired) electrons. The SMILES string of the molecule is CNc1c(Cl)cc(C[C@@H](NC(=O)N2CCC(n3nc(-c4ccccc4)[nH]c3=O)CC2)C(=O)N2CCC(N3CCCCC3)CC2)cc1C(F)(F)F. The Balaban J connectivity index is 1.15. The van der Waals surface area contributed by atoms with Gasteiger partial charge in [0, 0.05) is 51.3 Å². The molecule has 15 heteroatoms. The molecule has 6 rings (SSSR count). The first-order valence-electron chi connectivity index (χ1n) is 17.4. The van der Waals surface area contributed by atoms with Crippen molar-refractivity contribution in [2.45, 2.75) is 75.7 Å². The van der Waals surface area contributed by atoms with Crippen LogP contribution >= 0.6 is 11.6 Å². The van der Waals surface area contributed by atoms with Crippen LogP contribution in [0.5, 0.6) is 0 Å². The molecule has 0 aliphatic carbocycles. The molecule has 50 heavy (non-hydrogen) atoms. The van der Waals surface area contributed by atoms with Gasteiger partial charge in [-0.05, 0) is 69.3 Å². The third-order valence-electron chi connectivity index (χ3n) is 10.2. The lowest BCUT2D eigenvalue weighted by Gasteiger charge is -2.41. The molecule has 4 heterocycles. The van der Waals surface area contributed by atoms with Crippen molar-refractivity contribution < 1.29 is 22.8 Å². The number of carbonyl (C=O) groups excluding carboxylic acids is 2. The number of urea groups is 1. The number of anilines is 1. The predicted molar refractivity (Wildman–Crippen MR) is 185 cm³/mol. The Labute approximate surface area is 294 Å². The first-order valence-corrected chi connectivity index (χ1v) is 17.8. The van der Waals surface area contributed by atoms with E-state index < -0.39 is 23.8 Å². The monoisotopic (exact) mass is 716 g/mol. The molecule has 3 aliphatic rings. The quantitative estimate of drug-likeness (QED) is 0.288. The van der Waals surface area contributed by atoms with Crippen molar-refractivity contribution in [1.82, 2.24) is 34.8 Å². The fourth-order valence-electron chi connectivity index (χ4n) is 7.51. The van der Waals surface area contributed by atoms with Crippen molar-refractivity contribution in [1.29, 1.82) is 0 Å². The maximum absolute atomic E-state index is 14.0. The molecule has 3 aromatic rings. The van der Waals surface area contributed by atoms with E-state index in [4.69, 9.17) is 11.6 Å².